The molecule has 1 saturated carbocycles. The Balaban J connectivity index is 1.64. The number of ketones is 1. The van der Waals surface area contributed by atoms with E-state index in [4.69, 9.17) is 20.8 Å². The molecule has 0 spiro atoms. The van der Waals surface area contributed by atoms with Crippen molar-refractivity contribution < 1.29 is 23.8 Å². The number of aryl methyl sites for hydroxylation is 1. The monoisotopic (exact) mass is 465 g/mol. The molecule has 33 heavy (non-hydrogen) atoms. The number of aliphatic hydroxyl groups excluding tert-OH is 1. The number of ether oxygens (including phenoxy) is 1. The number of benzene rings is 2. The summed E-state index contributed by atoms with van der Waals surface area (Å²) in [5.41, 5.74) is 2.19. The van der Waals surface area contributed by atoms with Crippen molar-refractivity contribution in [1.29, 1.82) is 0 Å². The number of nitrogens with zero attached hydrogens (tertiary/aromatic N) is 1. The third-order valence-electron chi connectivity index (χ3n) is 6.68. The van der Waals surface area contributed by atoms with Crippen LogP contribution in [-0.2, 0) is 4.79 Å². The van der Waals surface area contributed by atoms with Gasteiger partial charge in [0.2, 0.25) is 5.78 Å². The Morgan fingerprint density at radius 2 is 1.91 bits per heavy atom. The van der Waals surface area contributed by atoms with Crippen molar-refractivity contribution in [3.63, 3.8) is 0 Å². The molecule has 1 aromatic heterocycles. The predicted octanol–water partition coefficient (Wildman–Crippen LogP) is 5.92. The van der Waals surface area contributed by atoms with Gasteiger partial charge in [0, 0.05) is 22.5 Å². The van der Waals surface area contributed by atoms with Crippen molar-refractivity contribution in [2.45, 2.75) is 44.7 Å². The van der Waals surface area contributed by atoms with Gasteiger partial charge in [0.25, 0.3) is 5.91 Å². The lowest BCUT2D eigenvalue weighted by molar-refractivity contribution is -0.131. The van der Waals surface area contributed by atoms with Crippen molar-refractivity contribution in [2.24, 2.45) is 0 Å². The summed E-state index contributed by atoms with van der Waals surface area (Å²) >= 11 is 6.17. The molecule has 1 amide bonds. The number of methoxy groups -OCH3 is 1. The number of aliphatic hydroxyl groups is 1. The molecule has 170 valence electrons. The third-order valence-corrected chi connectivity index (χ3v) is 6.90. The van der Waals surface area contributed by atoms with Crippen LogP contribution in [0, 0.1) is 6.92 Å². The summed E-state index contributed by atoms with van der Waals surface area (Å²) in [7, 11) is 1.49. The zero-order chi connectivity index (χ0) is 23.3. The minimum absolute atomic E-state index is 0.0202. The van der Waals surface area contributed by atoms with Gasteiger partial charge in [-0.15, -0.1) is 0 Å². The van der Waals surface area contributed by atoms with E-state index < -0.39 is 23.5 Å². The van der Waals surface area contributed by atoms with Gasteiger partial charge in [-0.25, -0.2) is 0 Å². The first kappa shape index (κ1) is 21.6. The molecular weight excluding hydrogens is 442 g/mol. The molecular formula is C26H24ClNO5. The Labute approximate surface area is 196 Å². The second kappa shape index (κ2) is 8.27. The third kappa shape index (κ3) is 3.49. The minimum Gasteiger partial charge on any atom is -0.503 e. The van der Waals surface area contributed by atoms with Gasteiger partial charge in [0.1, 0.15) is 0 Å². The molecule has 1 atom stereocenters. The van der Waals surface area contributed by atoms with Crippen LogP contribution in [0.25, 0.3) is 11.0 Å². The van der Waals surface area contributed by atoms with E-state index in [0.717, 1.165) is 36.8 Å². The molecule has 0 bridgehead atoms. The van der Waals surface area contributed by atoms with Crippen LogP contribution in [0.5, 0.6) is 5.75 Å². The number of amides is 1. The molecule has 2 heterocycles. The molecule has 7 heteroatoms. The summed E-state index contributed by atoms with van der Waals surface area (Å²) in [4.78, 5) is 28.7. The van der Waals surface area contributed by atoms with Crippen LogP contribution in [0.2, 0.25) is 5.02 Å². The van der Waals surface area contributed by atoms with Gasteiger partial charge in [-0.1, -0.05) is 48.7 Å². The van der Waals surface area contributed by atoms with E-state index in [1.165, 1.54) is 7.11 Å². The van der Waals surface area contributed by atoms with Gasteiger partial charge in [-0.3, -0.25) is 9.59 Å². The van der Waals surface area contributed by atoms with E-state index >= 15 is 0 Å². The average Bonchev–Trinajstić information content (AvgIpc) is 3.52. The van der Waals surface area contributed by atoms with Crippen molar-refractivity contribution >= 4 is 34.3 Å². The first-order valence-corrected chi connectivity index (χ1v) is 11.4. The summed E-state index contributed by atoms with van der Waals surface area (Å²) < 4.78 is 11.2. The van der Waals surface area contributed by atoms with Gasteiger partial charge in [-0.2, -0.15) is 0 Å². The highest BCUT2D eigenvalue weighted by Gasteiger charge is 2.48. The molecule has 1 unspecified atom stereocenters. The topological polar surface area (TPSA) is 80.0 Å². The Bertz CT molecular complexity index is 1300. The van der Waals surface area contributed by atoms with Crippen molar-refractivity contribution in [3.8, 4) is 5.75 Å². The molecule has 0 radical (unpaired) electrons. The van der Waals surface area contributed by atoms with Crippen LogP contribution in [0.4, 0.5) is 0 Å². The summed E-state index contributed by atoms with van der Waals surface area (Å²) in [6, 6.07) is 11.8. The highest BCUT2D eigenvalue weighted by molar-refractivity contribution is 6.31. The fourth-order valence-electron chi connectivity index (χ4n) is 5.10. The van der Waals surface area contributed by atoms with Gasteiger partial charge in [-0.05, 0) is 43.0 Å². The second-order valence-corrected chi connectivity index (χ2v) is 9.07. The SMILES string of the molecule is COc1cc(Cl)cc2cc(C(=O)C3=C(O)C(=O)N(C4CCCC4)C3c3ccccc3C)oc12. The lowest BCUT2D eigenvalue weighted by Crippen LogP contribution is -2.39. The van der Waals surface area contributed by atoms with Crippen molar-refractivity contribution in [2.75, 3.05) is 7.11 Å². The molecule has 1 aliphatic heterocycles. The molecule has 1 fully saturated rings. The number of hydrogen-bond acceptors (Lipinski definition) is 5. The largest absolute Gasteiger partial charge is 0.503 e. The predicted molar refractivity (Wildman–Crippen MR) is 125 cm³/mol. The van der Waals surface area contributed by atoms with Gasteiger partial charge >= 0.3 is 0 Å². The molecule has 1 aliphatic carbocycles. The summed E-state index contributed by atoms with van der Waals surface area (Å²) in [5.74, 6) is -1.11. The number of halogens is 1. The zero-order valence-corrected chi connectivity index (χ0v) is 19.2. The van der Waals surface area contributed by atoms with Crippen molar-refractivity contribution in [1.82, 2.24) is 4.90 Å². The van der Waals surface area contributed by atoms with Crippen LogP contribution in [-0.4, -0.2) is 34.8 Å². The summed E-state index contributed by atoms with van der Waals surface area (Å²) in [5, 5.41) is 12.0. The Hall–Kier alpha value is -3.25. The molecule has 2 aliphatic rings. The van der Waals surface area contributed by atoms with E-state index in [1.807, 2.05) is 31.2 Å². The minimum atomic E-state index is -0.673. The zero-order valence-electron chi connectivity index (χ0n) is 18.4. The second-order valence-electron chi connectivity index (χ2n) is 8.64. The number of carbonyl (C=O) groups excluding carboxylic acids is 2. The van der Waals surface area contributed by atoms with Crippen LogP contribution in [0.15, 0.2) is 58.2 Å². The highest BCUT2D eigenvalue weighted by Crippen LogP contribution is 2.44. The lowest BCUT2D eigenvalue weighted by Gasteiger charge is -2.32. The summed E-state index contributed by atoms with van der Waals surface area (Å²) in [6.45, 7) is 1.94. The Morgan fingerprint density at radius 1 is 1.18 bits per heavy atom. The quantitative estimate of drug-likeness (QED) is 0.473. The van der Waals surface area contributed by atoms with E-state index in [1.54, 1.807) is 23.1 Å². The molecule has 6 nitrogen and oxygen atoms in total. The molecule has 0 saturated heterocycles. The maximum absolute atomic E-state index is 13.7. The standard InChI is InChI=1S/C26H24ClNO5/c1-14-7-3-6-10-18(14)22-21(24(30)26(31)28(22)17-8-4-5-9-17)23(29)19-12-15-11-16(27)13-20(32-2)25(15)33-19/h3,6-7,10-13,17,22,30H,4-5,8-9H2,1-2H3. The van der Waals surface area contributed by atoms with Crippen LogP contribution < -0.4 is 4.74 Å². The van der Waals surface area contributed by atoms with Gasteiger partial charge in [0.15, 0.2) is 22.9 Å². The first-order valence-electron chi connectivity index (χ1n) is 11.0. The summed E-state index contributed by atoms with van der Waals surface area (Å²) in [6.07, 6.45) is 3.73. The first-order chi connectivity index (χ1) is 15.9. The van der Waals surface area contributed by atoms with E-state index in [9.17, 15) is 14.7 Å². The fourth-order valence-corrected chi connectivity index (χ4v) is 5.31. The number of Topliss-reactive ketones (excluding diaryl/α,β-unsaturated/α-hetero) is 1. The molecule has 2 aromatic carbocycles. The van der Waals surface area contributed by atoms with Crippen molar-refractivity contribution in [3.05, 3.63) is 75.7 Å². The number of fused-ring (bicyclic) bond motifs is 1. The number of carbonyl (C=O) groups is 2. The van der Waals surface area contributed by atoms with Gasteiger partial charge in [0.05, 0.1) is 18.7 Å². The fraction of sp³-hybridized carbons (Fsp3) is 0.308. The number of hydrogen-bond donors (Lipinski definition) is 1. The van der Waals surface area contributed by atoms with Crippen LogP contribution in [0.3, 0.4) is 0 Å². The average molecular weight is 466 g/mol. The smallest absolute Gasteiger partial charge is 0.290 e. The Kier molecular flexibility index (Phi) is 5.41. The number of rotatable bonds is 5. The van der Waals surface area contributed by atoms with Gasteiger partial charge < -0.3 is 19.2 Å². The highest BCUT2D eigenvalue weighted by atomic mass is 35.5. The molecule has 3 aromatic rings. The maximum Gasteiger partial charge on any atom is 0.290 e. The van der Waals surface area contributed by atoms with E-state index in [2.05, 4.69) is 0 Å². The maximum atomic E-state index is 13.7. The van der Waals surface area contributed by atoms with Crippen LogP contribution in [0.1, 0.15) is 53.4 Å². The molecule has 1 N–H and O–H groups in total. The van der Waals surface area contributed by atoms with Crippen LogP contribution >= 0.6 is 11.6 Å². The molecule has 5 rings (SSSR count). The van der Waals surface area contributed by atoms with E-state index in [-0.39, 0.29) is 17.4 Å². The van der Waals surface area contributed by atoms with E-state index in [0.29, 0.717) is 21.7 Å². The normalized spacial score (nSPS) is 19.2. The Morgan fingerprint density at radius 3 is 2.61 bits per heavy atom. The lowest BCUT2D eigenvalue weighted by atomic mass is 9.91. The number of furan rings is 1.